The van der Waals surface area contributed by atoms with E-state index in [4.69, 9.17) is 17.3 Å². The molecule has 18 heavy (non-hydrogen) atoms. The topological polar surface area (TPSA) is 69.6 Å². The Morgan fingerprint density at radius 1 is 1.28 bits per heavy atom. The molecular weight excluding hydrogens is 250 g/mol. The third kappa shape index (κ3) is 2.31. The predicted molar refractivity (Wildman–Crippen MR) is 72.2 cm³/mol. The number of rotatable bonds is 3. The Labute approximate surface area is 111 Å². The monoisotopic (exact) mass is 265 g/mol. The number of hydrogen-bond donors (Lipinski definition) is 1. The van der Waals surface area contributed by atoms with E-state index >= 15 is 0 Å². The van der Waals surface area contributed by atoms with E-state index in [1.165, 1.54) is 0 Å². The zero-order valence-electron chi connectivity index (χ0n) is 10.6. The summed E-state index contributed by atoms with van der Waals surface area (Å²) < 4.78 is 1.78. The molecule has 2 aromatic rings. The van der Waals surface area contributed by atoms with Crippen LogP contribution in [-0.2, 0) is 0 Å². The molecule has 0 spiro atoms. The first-order valence-electron chi connectivity index (χ1n) is 5.84. The molecule has 0 bridgehead atoms. The molecule has 0 aliphatic heterocycles. The Morgan fingerprint density at radius 3 is 2.67 bits per heavy atom. The Morgan fingerprint density at radius 2 is 2.00 bits per heavy atom. The number of nitrogens with zero attached hydrogens (tertiary/aromatic N) is 4. The fourth-order valence-corrected chi connectivity index (χ4v) is 1.82. The van der Waals surface area contributed by atoms with Crippen LogP contribution in [0.4, 0.5) is 5.69 Å². The number of hydrogen-bond acceptors (Lipinski definition) is 4. The highest BCUT2D eigenvalue weighted by Gasteiger charge is 2.18. The molecule has 0 saturated carbocycles. The van der Waals surface area contributed by atoms with Gasteiger partial charge in [0.15, 0.2) is 5.82 Å². The van der Waals surface area contributed by atoms with Gasteiger partial charge in [-0.3, -0.25) is 0 Å². The molecule has 1 aromatic heterocycles. The molecule has 2 rings (SSSR count). The summed E-state index contributed by atoms with van der Waals surface area (Å²) in [5.74, 6) is 1.07. The van der Waals surface area contributed by atoms with E-state index < -0.39 is 0 Å². The second-order valence-corrected chi connectivity index (χ2v) is 5.10. The van der Waals surface area contributed by atoms with Crippen molar-refractivity contribution in [2.24, 2.45) is 5.92 Å². The SMILES string of the molecule is CC(C)C(C)n1nnnc1-c1cc(Cl)ccc1N. The van der Waals surface area contributed by atoms with Crippen molar-refractivity contribution < 1.29 is 0 Å². The first-order chi connectivity index (χ1) is 8.50. The minimum absolute atomic E-state index is 0.188. The smallest absolute Gasteiger partial charge is 0.184 e. The van der Waals surface area contributed by atoms with Gasteiger partial charge in [0, 0.05) is 16.3 Å². The van der Waals surface area contributed by atoms with Gasteiger partial charge in [0.25, 0.3) is 0 Å². The van der Waals surface area contributed by atoms with Gasteiger partial charge < -0.3 is 5.73 Å². The second-order valence-electron chi connectivity index (χ2n) is 4.66. The van der Waals surface area contributed by atoms with Gasteiger partial charge in [-0.15, -0.1) is 5.10 Å². The van der Waals surface area contributed by atoms with Crippen molar-refractivity contribution in [2.45, 2.75) is 26.8 Å². The maximum Gasteiger partial charge on any atom is 0.184 e. The van der Waals surface area contributed by atoms with Crippen molar-refractivity contribution in [3.63, 3.8) is 0 Å². The minimum atomic E-state index is 0.188. The molecule has 0 radical (unpaired) electrons. The van der Waals surface area contributed by atoms with Crippen LogP contribution in [0.15, 0.2) is 18.2 Å². The number of nitrogen functional groups attached to an aromatic ring is 1. The fourth-order valence-electron chi connectivity index (χ4n) is 1.65. The number of anilines is 1. The highest BCUT2D eigenvalue weighted by atomic mass is 35.5. The third-order valence-corrected chi connectivity index (χ3v) is 3.33. The average molecular weight is 266 g/mol. The first-order valence-corrected chi connectivity index (χ1v) is 6.21. The van der Waals surface area contributed by atoms with Crippen LogP contribution in [0.25, 0.3) is 11.4 Å². The molecule has 0 aliphatic rings. The molecule has 1 unspecified atom stereocenters. The minimum Gasteiger partial charge on any atom is -0.398 e. The van der Waals surface area contributed by atoms with Gasteiger partial charge in [-0.1, -0.05) is 25.4 Å². The molecule has 96 valence electrons. The van der Waals surface area contributed by atoms with Crippen LogP contribution in [-0.4, -0.2) is 20.2 Å². The largest absolute Gasteiger partial charge is 0.398 e. The van der Waals surface area contributed by atoms with Gasteiger partial charge in [0.05, 0.1) is 6.04 Å². The Bertz CT molecular complexity index is 549. The summed E-state index contributed by atoms with van der Waals surface area (Å²) in [6.45, 7) is 6.32. The lowest BCUT2D eigenvalue weighted by atomic mass is 10.1. The summed E-state index contributed by atoms with van der Waals surface area (Å²) in [4.78, 5) is 0. The number of benzene rings is 1. The Balaban J connectivity index is 2.52. The number of tetrazole rings is 1. The first kappa shape index (κ1) is 12.8. The standard InChI is InChI=1S/C12H16ClN5/c1-7(2)8(3)18-12(15-16-17-18)10-6-9(13)4-5-11(10)14/h4-8H,14H2,1-3H3. The third-order valence-electron chi connectivity index (χ3n) is 3.10. The van der Waals surface area contributed by atoms with Gasteiger partial charge >= 0.3 is 0 Å². The molecule has 0 amide bonds. The summed E-state index contributed by atoms with van der Waals surface area (Å²) in [6, 6.07) is 5.48. The molecule has 5 nitrogen and oxygen atoms in total. The van der Waals surface area contributed by atoms with Crippen molar-refractivity contribution >= 4 is 17.3 Å². The lowest BCUT2D eigenvalue weighted by Gasteiger charge is -2.17. The summed E-state index contributed by atoms with van der Waals surface area (Å²) in [5, 5.41) is 12.5. The molecule has 1 aromatic carbocycles. The van der Waals surface area contributed by atoms with Gasteiger partial charge in [0.1, 0.15) is 0 Å². The van der Waals surface area contributed by atoms with Gasteiger partial charge in [0.2, 0.25) is 0 Å². The van der Waals surface area contributed by atoms with E-state index in [9.17, 15) is 0 Å². The summed E-state index contributed by atoms with van der Waals surface area (Å²) >= 11 is 5.99. The zero-order valence-corrected chi connectivity index (χ0v) is 11.4. The zero-order chi connectivity index (χ0) is 13.3. The predicted octanol–water partition coefficient (Wildman–Crippen LogP) is 2.79. The van der Waals surface area contributed by atoms with Crippen molar-refractivity contribution in [3.8, 4) is 11.4 Å². The van der Waals surface area contributed by atoms with Crippen LogP contribution in [0.3, 0.4) is 0 Å². The maximum atomic E-state index is 5.99. The summed E-state index contributed by atoms with van der Waals surface area (Å²) in [7, 11) is 0. The average Bonchev–Trinajstić information content (AvgIpc) is 2.80. The van der Waals surface area contributed by atoms with E-state index in [1.807, 2.05) is 0 Å². The molecular formula is C12H16ClN5. The van der Waals surface area contributed by atoms with E-state index in [0.29, 0.717) is 22.5 Å². The van der Waals surface area contributed by atoms with Crippen molar-refractivity contribution in [2.75, 3.05) is 5.73 Å². The summed E-state index contributed by atoms with van der Waals surface area (Å²) in [6.07, 6.45) is 0. The lowest BCUT2D eigenvalue weighted by Crippen LogP contribution is -2.14. The van der Waals surface area contributed by atoms with Crippen LogP contribution < -0.4 is 5.73 Å². The Kier molecular flexibility index (Phi) is 3.52. The fraction of sp³-hybridized carbons (Fsp3) is 0.417. The highest BCUT2D eigenvalue weighted by Crippen LogP contribution is 2.29. The van der Waals surface area contributed by atoms with E-state index in [0.717, 1.165) is 5.56 Å². The summed E-state index contributed by atoms with van der Waals surface area (Å²) in [5.41, 5.74) is 7.34. The molecule has 0 aliphatic carbocycles. The second kappa shape index (κ2) is 4.94. The lowest BCUT2D eigenvalue weighted by molar-refractivity contribution is 0.371. The van der Waals surface area contributed by atoms with Gasteiger partial charge in [-0.2, -0.15) is 0 Å². The van der Waals surface area contributed by atoms with E-state index in [-0.39, 0.29) is 6.04 Å². The number of aromatic nitrogens is 4. The quantitative estimate of drug-likeness (QED) is 0.867. The normalized spacial score (nSPS) is 12.9. The maximum absolute atomic E-state index is 5.99. The Hall–Kier alpha value is -1.62. The molecule has 2 N–H and O–H groups in total. The van der Waals surface area contributed by atoms with Crippen LogP contribution in [0.2, 0.25) is 5.02 Å². The molecule has 0 saturated heterocycles. The van der Waals surface area contributed by atoms with Crippen molar-refractivity contribution in [1.82, 2.24) is 20.2 Å². The van der Waals surface area contributed by atoms with Crippen LogP contribution in [0, 0.1) is 5.92 Å². The van der Waals surface area contributed by atoms with Gasteiger partial charge in [-0.25, -0.2) is 4.68 Å². The molecule has 1 heterocycles. The van der Waals surface area contributed by atoms with Crippen LogP contribution >= 0.6 is 11.6 Å². The number of nitrogens with two attached hydrogens (primary N) is 1. The van der Waals surface area contributed by atoms with Crippen LogP contribution in [0.5, 0.6) is 0 Å². The van der Waals surface area contributed by atoms with Gasteiger partial charge in [-0.05, 0) is 41.5 Å². The van der Waals surface area contributed by atoms with Crippen LogP contribution in [0.1, 0.15) is 26.8 Å². The number of halogens is 1. The molecule has 6 heteroatoms. The highest BCUT2D eigenvalue weighted by molar-refractivity contribution is 6.31. The van der Waals surface area contributed by atoms with E-state index in [2.05, 4.69) is 36.3 Å². The molecule has 1 atom stereocenters. The van der Waals surface area contributed by atoms with Crippen molar-refractivity contribution in [1.29, 1.82) is 0 Å². The van der Waals surface area contributed by atoms with E-state index in [1.54, 1.807) is 22.9 Å². The van der Waals surface area contributed by atoms with Crippen molar-refractivity contribution in [3.05, 3.63) is 23.2 Å². The molecule has 0 fully saturated rings.